The van der Waals surface area contributed by atoms with Gasteiger partial charge in [0.15, 0.2) is 0 Å². The summed E-state index contributed by atoms with van der Waals surface area (Å²) in [6.45, 7) is 2.22. The number of nitro groups is 1. The molecule has 31 heavy (non-hydrogen) atoms. The maximum absolute atomic E-state index is 11.3. The van der Waals surface area contributed by atoms with E-state index in [1.165, 1.54) is 12.1 Å². The van der Waals surface area contributed by atoms with E-state index >= 15 is 0 Å². The quantitative estimate of drug-likeness (QED) is 0.431. The first-order valence-corrected chi connectivity index (χ1v) is 10.1. The van der Waals surface area contributed by atoms with Crippen molar-refractivity contribution in [3.05, 3.63) is 106 Å². The fourth-order valence-corrected chi connectivity index (χ4v) is 3.58. The molecule has 0 fully saturated rings. The van der Waals surface area contributed by atoms with Gasteiger partial charge >= 0.3 is 0 Å². The van der Waals surface area contributed by atoms with Crippen LogP contribution in [0.2, 0.25) is 0 Å². The molecule has 0 unspecified atom stereocenters. The Morgan fingerprint density at radius 2 is 1.77 bits per heavy atom. The second-order valence-electron chi connectivity index (χ2n) is 7.45. The fraction of sp³-hybridized carbons (Fsp3) is 0.208. The topological polar surface area (TPSA) is 97.0 Å². The first-order chi connectivity index (χ1) is 15.0. The van der Waals surface area contributed by atoms with E-state index in [9.17, 15) is 15.2 Å². The minimum Gasteiger partial charge on any atom is -0.475 e. The van der Waals surface area contributed by atoms with E-state index in [4.69, 9.17) is 4.74 Å². The molecule has 1 aliphatic heterocycles. The van der Waals surface area contributed by atoms with E-state index in [1.54, 1.807) is 6.07 Å². The highest BCUT2D eigenvalue weighted by atomic mass is 16.6. The number of aliphatic hydroxyl groups is 1. The Hall–Kier alpha value is -3.71. The molecule has 0 radical (unpaired) electrons. The lowest BCUT2D eigenvalue weighted by Gasteiger charge is -2.23. The van der Waals surface area contributed by atoms with Gasteiger partial charge in [0.1, 0.15) is 12.6 Å². The second-order valence-corrected chi connectivity index (χ2v) is 7.45. The summed E-state index contributed by atoms with van der Waals surface area (Å²) in [5, 5.41) is 25.3. The average Bonchev–Trinajstić information content (AvgIpc) is 3.30. The molecule has 2 N–H and O–H groups in total. The smallest absolute Gasteiger partial charge is 0.270 e. The molecule has 4 rings (SSSR count). The number of ether oxygens (including phenoxy) is 1. The highest BCUT2D eigenvalue weighted by Gasteiger charge is 2.26. The number of anilines is 1. The van der Waals surface area contributed by atoms with Gasteiger partial charge in [-0.3, -0.25) is 10.1 Å². The molecule has 0 aromatic heterocycles. The summed E-state index contributed by atoms with van der Waals surface area (Å²) >= 11 is 0. The van der Waals surface area contributed by atoms with Crippen molar-refractivity contribution in [3.8, 4) is 0 Å². The summed E-state index contributed by atoms with van der Waals surface area (Å²) in [4.78, 5) is 15.6. The van der Waals surface area contributed by atoms with E-state index in [-0.39, 0.29) is 17.8 Å². The lowest BCUT2D eigenvalue weighted by atomic mass is 10.0. The molecule has 7 nitrogen and oxygen atoms in total. The molecule has 1 aliphatic rings. The van der Waals surface area contributed by atoms with Crippen LogP contribution in [0.25, 0.3) is 0 Å². The molecule has 3 atom stereocenters. The largest absolute Gasteiger partial charge is 0.475 e. The van der Waals surface area contributed by atoms with Gasteiger partial charge in [-0.25, -0.2) is 4.99 Å². The molecule has 0 spiro atoms. The Balaban J connectivity index is 1.64. The van der Waals surface area contributed by atoms with Gasteiger partial charge in [-0.15, -0.1) is 0 Å². The Labute approximate surface area is 180 Å². The molecule has 0 aliphatic carbocycles. The monoisotopic (exact) mass is 417 g/mol. The van der Waals surface area contributed by atoms with Gasteiger partial charge in [-0.05, 0) is 24.1 Å². The van der Waals surface area contributed by atoms with Gasteiger partial charge in [0.25, 0.3) is 5.69 Å². The Morgan fingerprint density at radius 1 is 1.10 bits per heavy atom. The predicted octanol–water partition coefficient (Wildman–Crippen LogP) is 4.65. The van der Waals surface area contributed by atoms with Crippen LogP contribution in [-0.4, -0.2) is 28.6 Å². The number of aliphatic hydroxyl groups excluding tert-OH is 1. The van der Waals surface area contributed by atoms with E-state index in [1.807, 2.05) is 67.6 Å². The van der Waals surface area contributed by atoms with E-state index in [0.717, 1.165) is 11.1 Å². The Bertz CT molecular complexity index is 1090. The number of nitrogens with zero attached hydrogens (tertiary/aromatic N) is 2. The maximum Gasteiger partial charge on any atom is 0.270 e. The fourth-order valence-electron chi connectivity index (χ4n) is 3.58. The van der Waals surface area contributed by atoms with Crippen LogP contribution in [0.15, 0.2) is 83.9 Å². The van der Waals surface area contributed by atoms with Crippen LogP contribution < -0.4 is 5.32 Å². The van der Waals surface area contributed by atoms with E-state index < -0.39 is 11.0 Å². The van der Waals surface area contributed by atoms with Crippen molar-refractivity contribution in [3.63, 3.8) is 0 Å². The van der Waals surface area contributed by atoms with Gasteiger partial charge < -0.3 is 15.2 Å². The Morgan fingerprint density at radius 3 is 2.45 bits per heavy atom. The molecule has 3 aromatic carbocycles. The van der Waals surface area contributed by atoms with Gasteiger partial charge in [0.2, 0.25) is 5.90 Å². The highest BCUT2D eigenvalue weighted by molar-refractivity contribution is 6.01. The van der Waals surface area contributed by atoms with Crippen LogP contribution in [0.3, 0.4) is 0 Å². The summed E-state index contributed by atoms with van der Waals surface area (Å²) in [5.74, 6) is 0.349. The van der Waals surface area contributed by atoms with Crippen LogP contribution >= 0.6 is 0 Å². The number of hydrogen-bond donors (Lipinski definition) is 2. The predicted molar refractivity (Wildman–Crippen MR) is 119 cm³/mol. The normalized spacial score (nSPS) is 17.4. The van der Waals surface area contributed by atoms with E-state index in [2.05, 4.69) is 10.3 Å². The third-order valence-electron chi connectivity index (χ3n) is 5.28. The van der Waals surface area contributed by atoms with Crippen LogP contribution in [0, 0.1) is 10.1 Å². The zero-order chi connectivity index (χ0) is 21.8. The lowest BCUT2D eigenvalue weighted by molar-refractivity contribution is -0.384. The van der Waals surface area contributed by atoms with Crippen molar-refractivity contribution >= 4 is 17.3 Å². The van der Waals surface area contributed by atoms with Crippen molar-refractivity contribution < 1.29 is 14.8 Å². The zero-order valence-electron chi connectivity index (χ0n) is 17.0. The van der Waals surface area contributed by atoms with E-state index in [0.29, 0.717) is 23.8 Å². The molecule has 0 saturated heterocycles. The minimum atomic E-state index is -0.757. The van der Waals surface area contributed by atoms with Crippen molar-refractivity contribution in [2.24, 2.45) is 4.99 Å². The minimum absolute atomic E-state index is 0.0497. The summed E-state index contributed by atoms with van der Waals surface area (Å²) in [5.41, 5.74) is 2.86. The molecule has 3 aromatic rings. The first-order valence-electron chi connectivity index (χ1n) is 10.1. The molecule has 7 heteroatoms. The summed E-state index contributed by atoms with van der Waals surface area (Å²) in [6, 6.07) is 23.1. The zero-order valence-corrected chi connectivity index (χ0v) is 17.0. The summed E-state index contributed by atoms with van der Waals surface area (Å²) in [6.07, 6.45) is -0.757. The summed E-state index contributed by atoms with van der Waals surface area (Å²) < 4.78 is 5.83. The number of aliphatic imine (C=N–C) groups is 1. The van der Waals surface area contributed by atoms with Gasteiger partial charge in [-0.1, -0.05) is 60.7 Å². The molecule has 0 bridgehead atoms. The molecular formula is C24H23N3O4. The Kier molecular flexibility index (Phi) is 5.95. The molecular weight excluding hydrogens is 394 g/mol. The number of rotatable bonds is 7. The molecule has 0 saturated carbocycles. The van der Waals surface area contributed by atoms with Crippen molar-refractivity contribution in [2.75, 3.05) is 11.9 Å². The van der Waals surface area contributed by atoms with Crippen LogP contribution in [0.5, 0.6) is 0 Å². The first kappa shape index (κ1) is 20.6. The lowest BCUT2D eigenvalue weighted by Crippen LogP contribution is -2.25. The van der Waals surface area contributed by atoms with Crippen molar-refractivity contribution in [1.82, 2.24) is 0 Å². The number of hydrogen-bond acceptors (Lipinski definition) is 6. The molecule has 1 heterocycles. The molecule has 158 valence electrons. The SMILES string of the molecule is C[C@H](Nc1ccc([N+](=O)[O-])cc1C1=N[C@H](c2ccccc2)CO1)[C@H](O)c1ccccc1. The maximum atomic E-state index is 11.3. The van der Waals surface area contributed by atoms with Gasteiger partial charge in [0, 0.05) is 17.8 Å². The van der Waals surface area contributed by atoms with Gasteiger partial charge in [0.05, 0.1) is 22.6 Å². The third kappa shape index (κ3) is 4.57. The van der Waals surface area contributed by atoms with Crippen LogP contribution in [0.1, 0.15) is 35.8 Å². The van der Waals surface area contributed by atoms with Crippen molar-refractivity contribution in [2.45, 2.75) is 25.1 Å². The number of nitrogens with one attached hydrogen (secondary N) is 1. The number of non-ortho nitro benzene ring substituents is 1. The van der Waals surface area contributed by atoms with Crippen molar-refractivity contribution in [1.29, 1.82) is 0 Å². The standard InChI is InChI=1S/C24H23N3O4/c1-16(23(28)18-10-6-3-7-11-18)25-21-13-12-19(27(29)30)14-20(21)24-26-22(15-31-24)17-8-4-2-5-9-17/h2-14,16,22-23,25,28H,15H2,1H3/t16-,22-,23-/m0/s1. The number of benzene rings is 3. The average molecular weight is 417 g/mol. The highest BCUT2D eigenvalue weighted by Crippen LogP contribution is 2.31. The number of nitro benzene ring substituents is 1. The molecule has 0 amide bonds. The summed E-state index contributed by atoms with van der Waals surface area (Å²) in [7, 11) is 0. The third-order valence-corrected chi connectivity index (χ3v) is 5.28. The second kappa shape index (κ2) is 8.97. The van der Waals surface area contributed by atoms with Crippen LogP contribution in [0.4, 0.5) is 11.4 Å². The van der Waals surface area contributed by atoms with Gasteiger partial charge in [-0.2, -0.15) is 0 Å². The van der Waals surface area contributed by atoms with Crippen LogP contribution in [-0.2, 0) is 4.74 Å².